The van der Waals surface area contributed by atoms with Gasteiger partial charge in [0, 0.05) is 5.38 Å². The SMILES string of the molecule is COC(=O)c1csc([C@H](OS(C)(=O)=O)[C@@H](O)[C@H](O[Si](C)(C)C(C)(C)C)C(=O)OCc2ccccc2)n1. The van der Waals surface area contributed by atoms with Crippen LogP contribution in [-0.2, 0) is 39.6 Å². The number of methoxy groups -OCH3 is 1. The summed E-state index contributed by atoms with van der Waals surface area (Å²) in [6, 6.07) is 8.94. The van der Waals surface area contributed by atoms with Gasteiger partial charge in [-0.15, -0.1) is 11.3 Å². The average Bonchev–Trinajstić information content (AvgIpc) is 3.28. The third-order valence-corrected chi connectivity index (χ3v) is 11.7. The lowest BCUT2D eigenvalue weighted by Crippen LogP contribution is -2.52. The highest BCUT2D eigenvalue weighted by molar-refractivity contribution is 7.86. The number of thiazole rings is 1. The van der Waals surface area contributed by atoms with Gasteiger partial charge in [0.2, 0.25) is 0 Å². The van der Waals surface area contributed by atoms with E-state index in [0.717, 1.165) is 23.2 Å². The summed E-state index contributed by atoms with van der Waals surface area (Å²) in [7, 11) is -5.64. The van der Waals surface area contributed by atoms with Crippen LogP contribution in [0.2, 0.25) is 18.1 Å². The number of aliphatic hydroxyl groups excluding tert-OH is 1. The molecule has 36 heavy (non-hydrogen) atoms. The molecular formula is C23H33NO9S2Si. The molecule has 3 atom stereocenters. The maximum Gasteiger partial charge on any atom is 0.357 e. The number of esters is 2. The smallest absolute Gasteiger partial charge is 0.357 e. The molecule has 0 bridgehead atoms. The first kappa shape index (κ1) is 30.1. The van der Waals surface area contributed by atoms with E-state index in [1.54, 1.807) is 24.3 Å². The van der Waals surface area contributed by atoms with Crippen LogP contribution < -0.4 is 0 Å². The van der Waals surface area contributed by atoms with Crippen LogP contribution in [-0.4, -0.2) is 64.3 Å². The quantitative estimate of drug-likeness (QED) is 0.247. The molecule has 0 aliphatic heterocycles. The minimum absolute atomic E-state index is 0.0481. The molecule has 1 aromatic heterocycles. The van der Waals surface area contributed by atoms with Gasteiger partial charge in [-0.25, -0.2) is 14.6 Å². The first-order valence-electron chi connectivity index (χ1n) is 11.0. The minimum Gasteiger partial charge on any atom is -0.464 e. The molecule has 0 spiro atoms. The fraction of sp³-hybridized carbons (Fsp3) is 0.522. The van der Waals surface area contributed by atoms with Gasteiger partial charge >= 0.3 is 11.9 Å². The van der Waals surface area contributed by atoms with Crippen LogP contribution in [0.25, 0.3) is 0 Å². The molecular weight excluding hydrogens is 526 g/mol. The van der Waals surface area contributed by atoms with Crippen LogP contribution in [0, 0.1) is 0 Å². The predicted octanol–water partition coefficient (Wildman–Crippen LogP) is 3.44. The predicted molar refractivity (Wildman–Crippen MR) is 136 cm³/mol. The number of hydrogen-bond donors (Lipinski definition) is 1. The van der Waals surface area contributed by atoms with Gasteiger partial charge < -0.3 is 19.0 Å². The van der Waals surface area contributed by atoms with Crippen molar-refractivity contribution in [2.24, 2.45) is 0 Å². The zero-order chi connectivity index (χ0) is 27.3. The summed E-state index contributed by atoms with van der Waals surface area (Å²) in [5, 5.41) is 12.3. The molecule has 1 N–H and O–H groups in total. The van der Waals surface area contributed by atoms with Crippen LogP contribution in [0.4, 0.5) is 0 Å². The zero-order valence-corrected chi connectivity index (χ0v) is 24.0. The van der Waals surface area contributed by atoms with E-state index in [-0.39, 0.29) is 22.3 Å². The third kappa shape index (κ3) is 8.18. The molecule has 0 fully saturated rings. The molecule has 10 nitrogen and oxygen atoms in total. The molecule has 0 unspecified atom stereocenters. The Morgan fingerprint density at radius 3 is 2.31 bits per heavy atom. The van der Waals surface area contributed by atoms with Crippen molar-refractivity contribution in [2.75, 3.05) is 13.4 Å². The summed E-state index contributed by atoms with van der Waals surface area (Å²) < 4.78 is 45.6. The number of nitrogens with zero attached hydrogens (tertiary/aromatic N) is 1. The van der Waals surface area contributed by atoms with Gasteiger partial charge in [0.1, 0.15) is 17.7 Å². The van der Waals surface area contributed by atoms with E-state index in [1.807, 2.05) is 39.9 Å². The number of benzene rings is 1. The summed E-state index contributed by atoms with van der Waals surface area (Å²) in [6.45, 7) is 9.53. The highest BCUT2D eigenvalue weighted by atomic mass is 32.2. The van der Waals surface area contributed by atoms with E-state index in [4.69, 9.17) is 13.3 Å². The topological polar surface area (TPSA) is 138 Å². The fourth-order valence-electron chi connectivity index (χ4n) is 2.77. The second kappa shape index (κ2) is 11.9. The highest BCUT2D eigenvalue weighted by Crippen LogP contribution is 2.39. The van der Waals surface area contributed by atoms with Gasteiger partial charge in [0.05, 0.1) is 13.4 Å². The number of ether oxygens (including phenoxy) is 2. The number of aromatic nitrogens is 1. The number of carbonyl (C=O) groups excluding carboxylic acids is 2. The minimum atomic E-state index is -4.13. The maximum atomic E-state index is 13.2. The fourth-order valence-corrected chi connectivity index (χ4v) is 5.49. The Hall–Kier alpha value is -2.16. The van der Waals surface area contributed by atoms with Gasteiger partial charge in [-0.05, 0) is 23.7 Å². The molecule has 0 saturated carbocycles. The Morgan fingerprint density at radius 1 is 1.17 bits per heavy atom. The van der Waals surface area contributed by atoms with Crippen molar-refractivity contribution >= 4 is 41.7 Å². The molecule has 0 saturated heterocycles. The summed E-state index contributed by atoms with van der Waals surface area (Å²) in [4.78, 5) is 29.2. The average molecular weight is 560 g/mol. The lowest BCUT2D eigenvalue weighted by molar-refractivity contribution is -0.163. The van der Waals surface area contributed by atoms with Crippen molar-refractivity contribution in [1.82, 2.24) is 4.98 Å². The lowest BCUT2D eigenvalue weighted by Gasteiger charge is -2.40. The van der Waals surface area contributed by atoms with E-state index in [2.05, 4.69) is 9.72 Å². The molecule has 0 amide bonds. The molecule has 0 aliphatic rings. The monoisotopic (exact) mass is 559 g/mol. The lowest BCUT2D eigenvalue weighted by atomic mass is 10.1. The molecule has 200 valence electrons. The molecule has 1 aromatic carbocycles. The van der Waals surface area contributed by atoms with Crippen LogP contribution in [0.1, 0.15) is 47.9 Å². The van der Waals surface area contributed by atoms with Crippen molar-refractivity contribution < 1.29 is 41.2 Å². The number of carbonyl (C=O) groups is 2. The third-order valence-electron chi connectivity index (χ3n) is 5.74. The number of aliphatic hydroxyl groups is 1. The van der Waals surface area contributed by atoms with Gasteiger partial charge in [-0.3, -0.25) is 4.18 Å². The van der Waals surface area contributed by atoms with E-state index in [9.17, 15) is 23.1 Å². The van der Waals surface area contributed by atoms with Crippen molar-refractivity contribution in [3.8, 4) is 0 Å². The summed E-state index contributed by atoms with van der Waals surface area (Å²) >= 11 is 0.876. The van der Waals surface area contributed by atoms with Crippen LogP contribution in [0.3, 0.4) is 0 Å². The van der Waals surface area contributed by atoms with Gasteiger partial charge in [-0.2, -0.15) is 8.42 Å². The van der Waals surface area contributed by atoms with Gasteiger partial charge in [0.15, 0.2) is 26.2 Å². The molecule has 0 radical (unpaired) electrons. The van der Waals surface area contributed by atoms with Crippen molar-refractivity contribution in [1.29, 1.82) is 0 Å². The largest absolute Gasteiger partial charge is 0.464 e. The maximum absolute atomic E-state index is 13.2. The second-order valence-corrected chi connectivity index (χ2v) is 16.9. The Kier molecular flexibility index (Phi) is 9.96. The van der Waals surface area contributed by atoms with E-state index in [1.165, 1.54) is 12.5 Å². The normalized spacial score (nSPS) is 15.1. The molecule has 13 heteroatoms. The van der Waals surface area contributed by atoms with Crippen molar-refractivity contribution in [2.45, 2.75) is 63.8 Å². The van der Waals surface area contributed by atoms with Crippen LogP contribution >= 0.6 is 11.3 Å². The van der Waals surface area contributed by atoms with Gasteiger partial charge in [0.25, 0.3) is 10.1 Å². The molecule has 0 aliphatic carbocycles. The molecule has 1 heterocycles. The van der Waals surface area contributed by atoms with Crippen molar-refractivity contribution in [3.05, 3.63) is 52.0 Å². The molecule has 2 rings (SSSR count). The van der Waals surface area contributed by atoms with E-state index in [0.29, 0.717) is 0 Å². The summed E-state index contributed by atoms with van der Waals surface area (Å²) in [5.74, 6) is -1.63. The van der Waals surface area contributed by atoms with Crippen LogP contribution in [0.15, 0.2) is 35.7 Å². The Morgan fingerprint density at radius 2 is 1.78 bits per heavy atom. The zero-order valence-electron chi connectivity index (χ0n) is 21.4. The van der Waals surface area contributed by atoms with Gasteiger partial charge in [-0.1, -0.05) is 51.1 Å². The summed E-state index contributed by atoms with van der Waals surface area (Å²) in [6.07, 6.45) is -4.25. The second-order valence-electron chi connectivity index (χ2n) is 9.67. The first-order valence-corrected chi connectivity index (χ1v) is 16.6. The van der Waals surface area contributed by atoms with E-state index < -0.39 is 48.7 Å². The number of hydrogen-bond acceptors (Lipinski definition) is 11. The highest BCUT2D eigenvalue weighted by Gasteiger charge is 2.47. The summed E-state index contributed by atoms with van der Waals surface area (Å²) in [5.41, 5.74) is 0.623. The number of rotatable bonds is 11. The molecule has 2 aromatic rings. The Bertz CT molecular complexity index is 1140. The Labute approximate surface area is 216 Å². The van der Waals surface area contributed by atoms with Crippen molar-refractivity contribution in [3.63, 3.8) is 0 Å². The first-order chi connectivity index (χ1) is 16.6. The van der Waals surface area contributed by atoms with E-state index >= 15 is 0 Å². The standard InChI is InChI=1S/C23H33NO9S2Si/c1-23(2,3)36(6,7)33-19(22(27)31-13-15-11-9-8-10-12-15)17(25)18(32-35(5,28)29)20-24-16(14-34-20)21(26)30-4/h8-12,14,17-19,25H,13H2,1-7H3/t17-,18-,19+/m1/s1. The van der Waals surface area contributed by atoms with Crippen LogP contribution in [0.5, 0.6) is 0 Å². The Balaban J connectivity index is 2.46.